The standard InChI is InChI=1S/C45H59N4O3/c1-9-48-37-20-13-11-18-35(37)44(5,6)39(48)24-22-33-16-15-17-34(23-25-40-45(7,8)36-19-12-14-21-38(36)49(40)10-2)43(33)47-30-28-46(29-31-47)41(50)26-27-42(51)52-32(3)4/h11-14,18-25,32H,9-10,15-17,26-31H2,1-8H3/q+1. The van der Waals surface area contributed by atoms with Crippen molar-refractivity contribution in [2.75, 3.05) is 49.1 Å². The highest BCUT2D eigenvalue weighted by Crippen LogP contribution is 2.48. The lowest BCUT2D eigenvalue weighted by molar-refractivity contribution is -0.537. The molecule has 0 spiro atoms. The number of benzene rings is 2. The average Bonchev–Trinajstić information content (AvgIpc) is 3.49. The van der Waals surface area contributed by atoms with Gasteiger partial charge in [-0.2, -0.15) is 0 Å². The van der Waals surface area contributed by atoms with Crippen molar-refractivity contribution >= 4 is 29.0 Å². The Bertz CT molecular complexity index is 1750. The number of esters is 1. The number of carbonyl (C=O) groups excluding carboxylic acids is 2. The Labute approximate surface area is 312 Å². The summed E-state index contributed by atoms with van der Waals surface area (Å²) in [6.45, 7) is 22.2. The first-order valence-corrected chi connectivity index (χ1v) is 19.5. The first kappa shape index (κ1) is 37.4. The van der Waals surface area contributed by atoms with E-state index in [0.29, 0.717) is 13.1 Å². The number of anilines is 2. The van der Waals surface area contributed by atoms with E-state index in [4.69, 9.17) is 4.74 Å². The maximum Gasteiger partial charge on any atom is 0.306 e. The fourth-order valence-electron chi connectivity index (χ4n) is 8.83. The molecule has 0 atom stereocenters. The van der Waals surface area contributed by atoms with Gasteiger partial charge < -0.3 is 19.4 Å². The van der Waals surface area contributed by atoms with Crippen LogP contribution in [0.3, 0.4) is 0 Å². The minimum atomic E-state index is -0.308. The molecule has 7 nitrogen and oxygen atoms in total. The van der Waals surface area contributed by atoms with Crippen LogP contribution in [0.25, 0.3) is 0 Å². The highest BCUT2D eigenvalue weighted by Gasteiger charge is 2.41. The number of ether oxygens (including phenoxy) is 1. The van der Waals surface area contributed by atoms with Crippen molar-refractivity contribution in [3.8, 4) is 0 Å². The number of hydrogen-bond donors (Lipinski definition) is 0. The van der Waals surface area contributed by atoms with Crippen LogP contribution in [0.5, 0.6) is 0 Å². The van der Waals surface area contributed by atoms with Gasteiger partial charge in [-0.15, -0.1) is 0 Å². The Hall–Kier alpha value is -4.39. The summed E-state index contributed by atoms with van der Waals surface area (Å²) in [6, 6.07) is 17.6. The maximum absolute atomic E-state index is 13.2. The van der Waals surface area contributed by atoms with E-state index in [9.17, 15) is 9.59 Å². The number of amides is 1. The largest absolute Gasteiger partial charge is 0.463 e. The molecule has 3 aliphatic heterocycles. The van der Waals surface area contributed by atoms with Crippen LogP contribution in [0.4, 0.5) is 11.4 Å². The van der Waals surface area contributed by atoms with Gasteiger partial charge in [-0.1, -0.05) is 76.2 Å². The lowest BCUT2D eigenvalue weighted by Crippen LogP contribution is -2.47. The Morgan fingerprint density at radius 2 is 1.23 bits per heavy atom. The first-order valence-electron chi connectivity index (χ1n) is 19.5. The van der Waals surface area contributed by atoms with E-state index in [1.165, 1.54) is 50.8 Å². The third-order valence-corrected chi connectivity index (χ3v) is 11.5. The number of fused-ring (bicyclic) bond motifs is 2. The normalized spacial score (nSPS) is 22.6. The van der Waals surface area contributed by atoms with E-state index in [0.717, 1.165) is 45.4 Å². The van der Waals surface area contributed by atoms with Gasteiger partial charge in [-0.05, 0) is 82.4 Å². The van der Waals surface area contributed by atoms with Gasteiger partial charge in [0, 0.05) is 64.3 Å². The van der Waals surface area contributed by atoms with Crippen LogP contribution in [0, 0.1) is 0 Å². The molecule has 3 heterocycles. The zero-order chi connectivity index (χ0) is 37.2. The minimum Gasteiger partial charge on any atom is -0.463 e. The number of para-hydroxylation sites is 2. The van der Waals surface area contributed by atoms with E-state index in [2.05, 4.69) is 129 Å². The molecule has 2 aromatic carbocycles. The van der Waals surface area contributed by atoms with Gasteiger partial charge in [0.15, 0.2) is 13.1 Å². The topological polar surface area (TPSA) is 56.1 Å². The molecular weight excluding hydrogens is 645 g/mol. The molecule has 0 aromatic heterocycles. The van der Waals surface area contributed by atoms with Gasteiger partial charge >= 0.3 is 5.97 Å². The van der Waals surface area contributed by atoms with Gasteiger partial charge in [0.25, 0.3) is 0 Å². The predicted molar refractivity (Wildman–Crippen MR) is 213 cm³/mol. The average molecular weight is 704 g/mol. The second-order valence-electron chi connectivity index (χ2n) is 15.9. The van der Waals surface area contributed by atoms with Crippen molar-refractivity contribution in [3.63, 3.8) is 0 Å². The third-order valence-electron chi connectivity index (χ3n) is 11.5. The number of carbonyl (C=O) groups is 2. The molecule has 2 aromatic rings. The number of rotatable bonds is 8. The SMILES string of the molecule is CCN1/C(=C/C=C2\CCC/C(=C\C=C3\N(CC)c4ccccc4C3(C)C)C2=[N+]2CCN(C(=O)CCC(=O)OC(C)C)CC2)C(C)(C)c2ccccc21. The molecule has 7 heteroatoms. The van der Waals surface area contributed by atoms with Crippen LogP contribution in [0.2, 0.25) is 0 Å². The van der Waals surface area contributed by atoms with E-state index < -0.39 is 0 Å². The molecule has 0 unspecified atom stereocenters. The highest BCUT2D eigenvalue weighted by molar-refractivity contribution is 6.10. The highest BCUT2D eigenvalue weighted by atomic mass is 16.5. The number of allylic oxidation sites excluding steroid dienone is 8. The summed E-state index contributed by atoms with van der Waals surface area (Å²) >= 11 is 0. The summed E-state index contributed by atoms with van der Waals surface area (Å²) in [5.41, 5.74) is 11.9. The Kier molecular flexibility index (Phi) is 11.0. The summed E-state index contributed by atoms with van der Waals surface area (Å²) in [4.78, 5) is 32.2. The molecule has 2 fully saturated rings. The lowest BCUT2D eigenvalue weighted by atomic mass is 9.82. The third kappa shape index (κ3) is 7.16. The molecule has 1 saturated heterocycles. The first-order chi connectivity index (χ1) is 24.9. The summed E-state index contributed by atoms with van der Waals surface area (Å²) in [5.74, 6) is -0.279. The molecule has 52 heavy (non-hydrogen) atoms. The van der Waals surface area contributed by atoms with Crippen LogP contribution in [0.15, 0.2) is 95.4 Å². The van der Waals surface area contributed by atoms with Crippen molar-refractivity contribution < 1.29 is 18.9 Å². The minimum absolute atomic E-state index is 0.0281. The van der Waals surface area contributed by atoms with Crippen molar-refractivity contribution in [2.24, 2.45) is 0 Å². The molecule has 0 radical (unpaired) electrons. The maximum atomic E-state index is 13.2. The van der Waals surface area contributed by atoms with Gasteiger partial charge in [0.1, 0.15) is 0 Å². The molecular formula is C45H59N4O3+. The molecule has 1 amide bonds. The van der Waals surface area contributed by atoms with Gasteiger partial charge in [0.2, 0.25) is 11.6 Å². The summed E-state index contributed by atoms with van der Waals surface area (Å²) in [5, 5.41) is 0. The van der Waals surface area contributed by atoms with Crippen molar-refractivity contribution in [1.82, 2.24) is 4.90 Å². The van der Waals surface area contributed by atoms with Crippen molar-refractivity contribution in [2.45, 2.75) is 104 Å². The van der Waals surface area contributed by atoms with Crippen LogP contribution in [-0.2, 0) is 25.2 Å². The summed E-state index contributed by atoms with van der Waals surface area (Å²) < 4.78 is 7.79. The summed E-state index contributed by atoms with van der Waals surface area (Å²) in [6.07, 6.45) is 12.8. The summed E-state index contributed by atoms with van der Waals surface area (Å²) in [7, 11) is 0. The molecule has 4 aliphatic rings. The molecule has 1 aliphatic carbocycles. The number of hydrogen-bond acceptors (Lipinski definition) is 5. The van der Waals surface area contributed by atoms with Crippen LogP contribution in [-0.4, -0.2) is 72.4 Å². The van der Waals surface area contributed by atoms with Crippen molar-refractivity contribution in [3.05, 3.63) is 107 Å². The predicted octanol–water partition coefficient (Wildman–Crippen LogP) is 8.45. The zero-order valence-electron chi connectivity index (χ0n) is 32.8. The Balaban J connectivity index is 1.36. The van der Waals surface area contributed by atoms with E-state index in [1.807, 2.05) is 18.7 Å². The Morgan fingerprint density at radius 1 is 0.750 bits per heavy atom. The second kappa shape index (κ2) is 15.3. The number of piperazine rings is 1. The molecule has 276 valence electrons. The number of nitrogens with zero attached hydrogens (tertiary/aromatic N) is 4. The molecule has 1 saturated carbocycles. The quantitative estimate of drug-likeness (QED) is 0.204. The van der Waals surface area contributed by atoms with Crippen LogP contribution in [0.1, 0.15) is 98.6 Å². The fraction of sp³-hybridized carbons (Fsp3) is 0.489. The van der Waals surface area contributed by atoms with E-state index >= 15 is 0 Å². The van der Waals surface area contributed by atoms with Crippen LogP contribution >= 0.6 is 0 Å². The monoisotopic (exact) mass is 703 g/mol. The van der Waals surface area contributed by atoms with Gasteiger partial charge in [-0.3, -0.25) is 9.59 Å². The fourth-order valence-corrected chi connectivity index (χ4v) is 8.83. The molecule has 0 N–H and O–H groups in total. The lowest BCUT2D eigenvalue weighted by Gasteiger charge is -2.29. The van der Waals surface area contributed by atoms with E-state index in [1.54, 1.807) is 0 Å². The zero-order valence-corrected chi connectivity index (χ0v) is 32.8. The van der Waals surface area contributed by atoms with Crippen LogP contribution < -0.4 is 9.80 Å². The molecule has 0 bridgehead atoms. The van der Waals surface area contributed by atoms with Gasteiger partial charge in [0.05, 0.1) is 25.6 Å². The smallest absolute Gasteiger partial charge is 0.306 e. The molecule has 6 rings (SSSR count). The number of likely N-dealkylation sites (N-methyl/N-ethyl adjacent to an activating group) is 2. The van der Waals surface area contributed by atoms with Crippen molar-refractivity contribution in [1.29, 1.82) is 0 Å². The van der Waals surface area contributed by atoms with E-state index in [-0.39, 0.29) is 41.7 Å². The van der Waals surface area contributed by atoms with Gasteiger partial charge in [-0.25, -0.2) is 4.58 Å². The Morgan fingerprint density at radius 3 is 1.69 bits per heavy atom. The second-order valence-corrected chi connectivity index (χ2v) is 15.9.